The zero-order valence-electron chi connectivity index (χ0n) is 7.86. The summed E-state index contributed by atoms with van der Waals surface area (Å²) < 4.78 is 9.52. The first-order valence-electron chi connectivity index (χ1n) is 3.70. The van der Waals surface area contributed by atoms with Crippen molar-refractivity contribution in [2.75, 3.05) is 20.8 Å². The molecular weight excluding hydrogens is 162 g/mol. The van der Waals surface area contributed by atoms with Gasteiger partial charge in [0.1, 0.15) is 0 Å². The number of rotatable bonds is 4. The number of nitrogens with zero attached hydrogens (tertiary/aromatic N) is 1. The van der Waals surface area contributed by atoms with E-state index in [9.17, 15) is 4.79 Å². The van der Waals surface area contributed by atoms with Crippen LogP contribution in [0.4, 0.5) is 4.79 Å². The van der Waals surface area contributed by atoms with Crippen molar-refractivity contribution in [3.8, 4) is 0 Å². The van der Waals surface area contributed by atoms with Gasteiger partial charge in [-0.1, -0.05) is 0 Å². The van der Waals surface area contributed by atoms with E-state index in [-0.39, 0.29) is 0 Å². The summed E-state index contributed by atoms with van der Waals surface area (Å²) in [6.45, 7) is 3.84. The van der Waals surface area contributed by atoms with E-state index < -0.39 is 12.4 Å². The van der Waals surface area contributed by atoms with Gasteiger partial charge in [0.25, 0.3) is 0 Å². The molecule has 0 aromatic heterocycles. The quantitative estimate of drug-likeness (QED) is 0.474. The lowest BCUT2D eigenvalue weighted by atomic mass is 10.7. The summed E-state index contributed by atoms with van der Waals surface area (Å²) in [5.41, 5.74) is 0. The van der Waals surface area contributed by atoms with Gasteiger partial charge in [-0.3, -0.25) is 4.84 Å². The fourth-order valence-corrected chi connectivity index (χ4v) is 0.582. The van der Waals surface area contributed by atoms with Gasteiger partial charge in [-0.05, 0) is 13.8 Å². The molecule has 0 aliphatic rings. The molecule has 0 aliphatic heterocycles. The van der Waals surface area contributed by atoms with Gasteiger partial charge in [-0.2, -0.15) is 5.06 Å². The SMILES string of the molecule is CCN(OC)C(=O)OC(C)OC. The normalized spacial score (nSPS) is 12.3. The highest BCUT2D eigenvalue weighted by atomic mass is 16.8. The number of hydrogen-bond donors (Lipinski definition) is 0. The summed E-state index contributed by atoms with van der Waals surface area (Å²) in [6.07, 6.45) is -1.10. The lowest BCUT2D eigenvalue weighted by molar-refractivity contribution is -0.143. The molecule has 1 atom stereocenters. The predicted octanol–water partition coefficient (Wildman–Crippen LogP) is 0.999. The van der Waals surface area contributed by atoms with Crippen LogP contribution in [0.2, 0.25) is 0 Å². The van der Waals surface area contributed by atoms with Crippen LogP contribution in [0.3, 0.4) is 0 Å². The lowest BCUT2D eigenvalue weighted by Gasteiger charge is -2.19. The first kappa shape index (κ1) is 11.2. The summed E-state index contributed by atoms with van der Waals surface area (Å²) in [5, 5.41) is 1.09. The average molecular weight is 177 g/mol. The van der Waals surface area contributed by atoms with Gasteiger partial charge in [0.05, 0.1) is 7.11 Å². The Labute approximate surface area is 72.1 Å². The number of amides is 1. The first-order valence-corrected chi connectivity index (χ1v) is 3.70. The highest BCUT2D eigenvalue weighted by molar-refractivity contribution is 5.66. The van der Waals surface area contributed by atoms with Gasteiger partial charge in [0.2, 0.25) is 6.29 Å². The molecule has 0 rings (SSSR count). The topological polar surface area (TPSA) is 48.0 Å². The number of carbonyl (C=O) groups excluding carboxylic acids is 1. The Hall–Kier alpha value is -0.810. The predicted molar refractivity (Wildman–Crippen MR) is 42.3 cm³/mol. The zero-order chi connectivity index (χ0) is 9.56. The van der Waals surface area contributed by atoms with Crippen molar-refractivity contribution in [2.24, 2.45) is 0 Å². The largest absolute Gasteiger partial charge is 0.436 e. The van der Waals surface area contributed by atoms with Crippen LogP contribution >= 0.6 is 0 Å². The molecule has 0 N–H and O–H groups in total. The fourth-order valence-electron chi connectivity index (χ4n) is 0.582. The summed E-state index contributed by atoms with van der Waals surface area (Å²) in [5.74, 6) is 0. The monoisotopic (exact) mass is 177 g/mol. The van der Waals surface area contributed by atoms with Crippen LogP contribution in [-0.2, 0) is 14.3 Å². The van der Waals surface area contributed by atoms with E-state index in [0.29, 0.717) is 6.54 Å². The van der Waals surface area contributed by atoms with Crippen LogP contribution in [0.5, 0.6) is 0 Å². The maximum atomic E-state index is 11.1. The molecular formula is C7H15NO4. The van der Waals surface area contributed by atoms with Gasteiger partial charge in [-0.25, -0.2) is 4.79 Å². The lowest BCUT2D eigenvalue weighted by Crippen LogP contribution is -2.33. The molecule has 0 aromatic carbocycles. The molecule has 0 aromatic rings. The Morgan fingerprint density at radius 1 is 1.50 bits per heavy atom. The molecule has 1 amide bonds. The fraction of sp³-hybridized carbons (Fsp3) is 0.857. The maximum Gasteiger partial charge on any atom is 0.436 e. The summed E-state index contributed by atoms with van der Waals surface area (Å²) >= 11 is 0. The smallest absolute Gasteiger partial charge is 0.418 e. The Bertz CT molecular complexity index is 135. The van der Waals surface area contributed by atoms with E-state index in [0.717, 1.165) is 5.06 Å². The maximum absolute atomic E-state index is 11.1. The Morgan fingerprint density at radius 2 is 2.08 bits per heavy atom. The van der Waals surface area contributed by atoms with Crippen molar-refractivity contribution in [1.29, 1.82) is 0 Å². The van der Waals surface area contributed by atoms with Crippen molar-refractivity contribution in [3.05, 3.63) is 0 Å². The van der Waals surface area contributed by atoms with E-state index in [1.807, 2.05) is 0 Å². The minimum Gasteiger partial charge on any atom is -0.418 e. The summed E-state index contributed by atoms with van der Waals surface area (Å²) in [7, 11) is 2.86. The Morgan fingerprint density at radius 3 is 2.42 bits per heavy atom. The van der Waals surface area contributed by atoms with Crippen molar-refractivity contribution in [1.82, 2.24) is 5.06 Å². The van der Waals surface area contributed by atoms with Gasteiger partial charge in [0, 0.05) is 13.7 Å². The Balaban J connectivity index is 3.84. The van der Waals surface area contributed by atoms with Gasteiger partial charge < -0.3 is 9.47 Å². The average Bonchev–Trinajstić information content (AvgIpc) is 2.06. The molecule has 0 saturated carbocycles. The Kier molecular flexibility index (Phi) is 5.40. The van der Waals surface area contributed by atoms with E-state index in [1.54, 1.807) is 13.8 Å². The standard InChI is InChI=1S/C7H15NO4/c1-5-8(11-4)7(9)12-6(2)10-3/h6H,5H2,1-4H3. The van der Waals surface area contributed by atoms with Crippen molar-refractivity contribution >= 4 is 6.09 Å². The number of hydroxylamine groups is 2. The van der Waals surface area contributed by atoms with Crippen LogP contribution in [0, 0.1) is 0 Å². The van der Waals surface area contributed by atoms with Crippen LogP contribution in [0.15, 0.2) is 0 Å². The van der Waals surface area contributed by atoms with Crippen molar-refractivity contribution < 1.29 is 19.1 Å². The van der Waals surface area contributed by atoms with Crippen LogP contribution < -0.4 is 0 Å². The van der Waals surface area contributed by atoms with Crippen molar-refractivity contribution in [2.45, 2.75) is 20.1 Å². The van der Waals surface area contributed by atoms with E-state index >= 15 is 0 Å². The third-order valence-corrected chi connectivity index (χ3v) is 1.31. The number of carbonyl (C=O) groups is 1. The minimum atomic E-state index is -0.554. The van der Waals surface area contributed by atoms with Crippen molar-refractivity contribution in [3.63, 3.8) is 0 Å². The van der Waals surface area contributed by atoms with Crippen LogP contribution in [-0.4, -0.2) is 38.2 Å². The zero-order valence-corrected chi connectivity index (χ0v) is 7.86. The molecule has 0 spiro atoms. The second kappa shape index (κ2) is 5.79. The molecule has 0 aliphatic carbocycles. The molecule has 0 fully saturated rings. The second-order valence-corrected chi connectivity index (χ2v) is 2.06. The number of methoxy groups -OCH3 is 1. The molecule has 72 valence electrons. The van der Waals surface area contributed by atoms with Crippen LogP contribution in [0.1, 0.15) is 13.8 Å². The highest BCUT2D eigenvalue weighted by Crippen LogP contribution is 1.98. The number of hydrogen-bond acceptors (Lipinski definition) is 4. The summed E-state index contributed by atoms with van der Waals surface area (Å²) in [6, 6.07) is 0. The first-order chi connectivity index (χ1) is 5.65. The molecule has 5 nitrogen and oxygen atoms in total. The molecule has 0 bridgehead atoms. The van der Waals surface area contributed by atoms with Gasteiger partial charge in [-0.15, -0.1) is 0 Å². The molecule has 12 heavy (non-hydrogen) atoms. The van der Waals surface area contributed by atoms with Crippen LogP contribution in [0.25, 0.3) is 0 Å². The molecule has 0 radical (unpaired) electrons. The molecule has 5 heteroatoms. The van der Waals surface area contributed by atoms with Gasteiger partial charge in [0.15, 0.2) is 0 Å². The highest BCUT2D eigenvalue weighted by Gasteiger charge is 2.15. The van der Waals surface area contributed by atoms with E-state index in [1.165, 1.54) is 14.2 Å². The minimum absolute atomic E-state index is 0.436. The molecule has 0 saturated heterocycles. The van der Waals surface area contributed by atoms with E-state index in [2.05, 4.69) is 0 Å². The summed E-state index contributed by atoms with van der Waals surface area (Å²) in [4.78, 5) is 15.8. The second-order valence-electron chi connectivity index (χ2n) is 2.06. The molecule has 0 heterocycles. The van der Waals surface area contributed by atoms with Gasteiger partial charge >= 0.3 is 6.09 Å². The van der Waals surface area contributed by atoms with E-state index in [4.69, 9.17) is 14.3 Å². The molecule has 1 unspecified atom stereocenters. The third-order valence-electron chi connectivity index (χ3n) is 1.31. The number of ether oxygens (including phenoxy) is 2. The third kappa shape index (κ3) is 3.54.